The maximum atomic E-state index is 12.7. The molecule has 3 aromatic rings. The fourth-order valence-corrected chi connectivity index (χ4v) is 3.24. The Bertz CT molecular complexity index is 1080. The molecule has 3 rings (SSSR count). The molecule has 0 spiro atoms. The van der Waals surface area contributed by atoms with E-state index in [-0.39, 0.29) is 17.6 Å². The van der Waals surface area contributed by atoms with Crippen LogP contribution in [-0.4, -0.2) is 25.5 Å². The van der Waals surface area contributed by atoms with Crippen LogP contribution in [0.15, 0.2) is 59.2 Å². The Morgan fingerprint density at radius 1 is 1.09 bits per heavy atom. The van der Waals surface area contributed by atoms with E-state index in [0.29, 0.717) is 46.8 Å². The van der Waals surface area contributed by atoms with Gasteiger partial charge in [-0.25, -0.2) is 0 Å². The molecule has 1 aromatic heterocycles. The van der Waals surface area contributed by atoms with Gasteiger partial charge in [0, 0.05) is 17.8 Å². The number of hydrogen-bond acceptors (Lipinski definition) is 5. The van der Waals surface area contributed by atoms with Crippen LogP contribution in [0.3, 0.4) is 0 Å². The molecule has 33 heavy (non-hydrogen) atoms. The Kier molecular flexibility index (Phi) is 8.38. The third kappa shape index (κ3) is 6.76. The minimum Gasteiger partial charge on any atom is -0.493 e. The van der Waals surface area contributed by atoms with Crippen LogP contribution in [0.25, 0.3) is 0 Å². The summed E-state index contributed by atoms with van der Waals surface area (Å²) >= 11 is 6.36. The van der Waals surface area contributed by atoms with Crippen molar-refractivity contribution in [3.63, 3.8) is 0 Å². The van der Waals surface area contributed by atoms with Crippen molar-refractivity contribution < 1.29 is 23.5 Å². The molecule has 0 aliphatic carbocycles. The molecule has 2 N–H and O–H groups in total. The Morgan fingerprint density at radius 2 is 1.85 bits per heavy atom. The van der Waals surface area contributed by atoms with Crippen molar-refractivity contribution in [3.8, 4) is 11.5 Å². The van der Waals surface area contributed by atoms with E-state index in [1.807, 2.05) is 12.1 Å². The summed E-state index contributed by atoms with van der Waals surface area (Å²) in [6.45, 7) is 5.04. The first kappa shape index (κ1) is 24.2. The first-order valence-corrected chi connectivity index (χ1v) is 11.0. The normalized spacial score (nSPS) is 10.7. The van der Waals surface area contributed by atoms with Crippen molar-refractivity contribution in [2.24, 2.45) is 5.92 Å². The van der Waals surface area contributed by atoms with Crippen molar-refractivity contribution >= 4 is 29.1 Å². The molecule has 0 saturated carbocycles. The second-order valence-electron chi connectivity index (χ2n) is 7.83. The number of rotatable bonds is 10. The van der Waals surface area contributed by atoms with Crippen molar-refractivity contribution in [3.05, 3.63) is 76.7 Å². The summed E-state index contributed by atoms with van der Waals surface area (Å²) in [4.78, 5) is 24.7. The first-order valence-electron chi connectivity index (χ1n) is 10.6. The molecule has 2 aromatic carbocycles. The largest absolute Gasteiger partial charge is 0.493 e. The van der Waals surface area contributed by atoms with E-state index in [1.54, 1.807) is 36.4 Å². The van der Waals surface area contributed by atoms with Crippen LogP contribution in [-0.2, 0) is 6.54 Å². The summed E-state index contributed by atoms with van der Waals surface area (Å²) in [5.74, 6) is 0.956. The number of ether oxygens (including phenoxy) is 2. The van der Waals surface area contributed by atoms with Crippen LogP contribution in [0.2, 0.25) is 5.02 Å². The topological polar surface area (TPSA) is 89.8 Å². The Labute approximate surface area is 198 Å². The average Bonchev–Trinajstić information content (AvgIpc) is 3.34. The van der Waals surface area contributed by atoms with Gasteiger partial charge in [0.25, 0.3) is 11.8 Å². The number of methoxy groups -OCH3 is 1. The number of furan rings is 1. The molecule has 0 aliphatic rings. The second kappa shape index (κ2) is 11.4. The van der Waals surface area contributed by atoms with E-state index in [0.717, 1.165) is 12.0 Å². The number of amides is 2. The standard InChI is InChI=1S/C25H27ClN2O5/c1-16(2)10-12-33-23-20(26)13-18(14-22(23)31-3)24(29)27-15-17-6-8-19(9-7-17)28-25(30)21-5-4-11-32-21/h4-9,11,13-14,16H,10,12,15H2,1-3H3,(H,27,29)(H,28,30). The third-order valence-electron chi connectivity index (χ3n) is 4.84. The minimum atomic E-state index is -0.330. The lowest BCUT2D eigenvalue weighted by Crippen LogP contribution is -2.23. The fourth-order valence-electron chi connectivity index (χ4n) is 2.98. The molecule has 8 heteroatoms. The highest BCUT2D eigenvalue weighted by Gasteiger charge is 2.16. The Hall–Kier alpha value is -3.45. The SMILES string of the molecule is COc1cc(C(=O)NCc2ccc(NC(=O)c3ccco3)cc2)cc(Cl)c1OCCC(C)C. The van der Waals surface area contributed by atoms with Gasteiger partial charge in [0.2, 0.25) is 0 Å². The molecule has 174 valence electrons. The number of halogens is 1. The van der Waals surface area contributed by atoms with Gasteiger partial charge < -0.3 is 24.5 Å². The van der Waals surface area contributed by atoms with Crippen LogP contribution in [0.1, 0.15) is 46.7 Å². The quantitative estimate of drug-likeness (QED) is 0.405. The third-order valence-corrected chi connectivity index (χ3v) is 5.12. The summed E-state index contributed by atoms with van der Waals surface area (Å²) in [6.07, 6.45) is 2.32. The van der Waals surface area contributed by atoms with Gasteiger partial charge in [0.05, 0.1) is 25.0 Å². The van der Waals surface area contributed by atoms with Gasteiger partial charge in [-0.2, -0.15) is 0 Å². The number of hydrogen-bond donors (Lipinski definition) is 2. The zero-order valence-electron chi connectivity index (χ0n) is 18.8. The molecule has 0 bridgehead atoms. The number of carbonyl (C=O) groups excluding carboxylic acids is 2. The van der Waals surface area contributed by atoms with Crippen LogP contribution >= 0.6 is 11.6 Å². The van der Waals surface area contributed by atoms with E-state index in [4.69, 9.17) is 25.5 Å². The molecule has 0 unspecified atom stereocenters. The second-order valence-corrected chi connectivity index (χ2v) is 8.24. The van der Waals surface area contributed by atoms with Crippen LogP contribution in [0.4, 0.5) is 5.69 Å². The number of benzene rings is 2. The van der Waals surface area contributed by atoms with Crippen LogP contribution in [0.5, 0.6) is 11.5 Å². The predicted molar refractivity (Wildman–Crippen MR) is 127 cm³/mol. The highest BCUT2D eigenvalue weighted by molar-refractivity contribution is 6.32. The van der Waals surface area contributed by atoms with Crippen LogP contribution in [0, 0.1) is 5.92 Å². The molecule has 2 amide bonds. The highest BCUT2D eigenvalue weighted by atomic mass is 35.5. The number of anilines is 1. The molecule has 1 heterocycles. The molecule has 0 fully saturated rings. The molecule has 0 saturated heterocycles. The summed E-state index contributed by atoms with van der Waals surface area (Å²) in [7, 11) is 1.51. The lowest BCUT2D eigenvalue weighted by Gasteiger charge is -2.15. The highest BCUT2D eigenvalue weighted by Crippen LogP contribution is 2.36. The molecular weight excluding hydrogens is 444 g/mol. The van der Waals surface area contributed by atoms with E-state index < -0.39 is 0 Å². The zero-order chi connectivity index (χ0) is 23.8. The summed E-state index contributed by atoms with van der Waals surface area (Å²) in [5, 5.41) is 5.92. The van der Waals surface area contributed by atoms with E-state index >= 15 is 0 Å². The predicted octanol–water partition coefficient (Wildman–Crippen LogP) is 5.55. The van der Waals surface area contributed by atoms with Crippen molar-refractivity contribution in [2.45, 2.75) is 26.8 Å². The summed E-state index contributed by atoms with van der Waals surface area (Å²) in [5.41, 5.74) is 1.86. The maximum absolute atomic E-state index is 12.7. The Balaban J connectivity index is 1.58. The van der Waals surface area contributed by atoms with E-state index in [9.17, 15) is 9.59 Å². The van der Waals surface area contributed by atoms with Crippen molar-refractivity contribution in [1.29, 1.82) is 0 Å². The first-order chi connectivity index (χ1) is 15.9. The van der Waals surface area contributed by atoms with E-state index in [1.165, 1.54) is 13.4 Å². The van der Waals surface area contributed by atoms with Gasteiger partial charge in [-0.05, 0) is 54.3 Å². The molecule has 0 atom stereocenters. The Morgan fingerprint density at radius 3 is 2.48 bits per heavy atom. The minimum absolute atomic E-state index is 0.233. The number of nitrogens with one attached hydrogen (secondary N) is 2. The molecular formula is C25H27ClN2O5. The van der Waals surface area contributed by atoms with Gasteiger partial charge in [-0.15, -0.1) is 0 Å². The molecule has 0 aliphatic heterocycles. The molecule has 0 radical (unpaired) electrons. The van der Waals surface area contributed by atoms with Crippen molar-refractivity contribution in [2.75, 3.05) is 19.0 Å². The van der Waals surface area contributed by atoms with Crippen molar-refractivity contribution in [1.82, 2.24) is 5.32 Å². The summed E-state index contributed by atoms with van der Waals surface area (Å²) in [6, 6.07) is 13.6. The monoisotopic (exact) mass is 470 g/mol. The van der Waals surface area contributed by atoms with Gasteiger partial charge in [-0.3, -0.25) is 9.59 Å². The average molecular weight is 471 g/mol. The summed E-state index contributed by atoms with van der Waals surface area (Å²) < 4.78 is 16.2. The lowest BCUT2D eigenvalue weighted by molar-refractivity contribution is 0.0949. The zero-order valence-corrected chi connectivity index (χ0v) is 19.6. The fraction of sp³-hybridized carbons (Fsp3) is 0.280. The van der Waals surface area contributed by atoms with Gasteiger partial charge in [0.1, 0.15) is 0 Å². The van der Waals surface area contributed by atoms with E-state index in [2.05, 4.69) is 24.5 Å². The molecule has 7 nitrogen and oxygen atoms in total. The maximum Gasteiger partial charge on any atom is 0.291 e. The lowest BCUT2D eigenvalue weighted by atomic mass is 10.1. The van der Waals surface area contributed by atoms with Crippen LogP contribution < -0.4 is 20.1 Å². The van der Waals surface area contributed by atoms with Gasteiger partial charge >= 0.3 is 0 Å². The smallest absolute Gasteiger partial charge is 0.291 e. The number of carbonyl (C=O) groups is 2. The van der Waals surface area contributed by atoms with Gasteiger partial charge in [0.15, 0.2) is 17.3 Å². The van der Waals surface area contributed by atoms with Gasteiger partial charge in [-0.1, -0.05) is 37.6 Å².